The van der Waals surface area contributed by atoms with E-state index < -0.39 is 0 Å². The predicted octanol–water partition coefficient (Wildman–Crippen LogP) is 2.59. The van der Waals surface area contributed by atoms with Gasteiger partial charge in [-0.3, -0.25) is 9.69 Å². The Labute approximate surface area is 166 Å². The second-order valence-corrected chi connectivity index (χ2v) is 7.17. The maximum atomic E-state index is 13.3. The fraction of sp³-hybridized carbons (Fsp3) is 0.364. The highest BCUT2D eigenvalue weighted by molar-refractivity contribution is 5.97. The van der Waals surface area contributed by atoms with Crippen LogP contribution in [-0.2, 0) is 6.54 Å². The Balaban J connectivity index is 1.81. The van der Waals surface area contributed by atoms with Crippen LogP contribution >= 0.6 is 0 Å². The number of carbonyl (C=O) groups is 2. The third kappa shape index (κ3) is 4.97. The van der Waals surface area contributed by atoms with Crippen molar-refractivity contribution in [1.29, 1.82) is 0 Å². The van der Waals surface area contributed by atoms with Gasteiger partial charge in [0, 0.05) is 30.9 Å². The third-order valence-corrected chi connectivity index (χ3v) is 5.09. The van der Waals surface area contributed by atoms with Gasteiger partial charge in [0.25, 0.3) is 0 Å². The van der Waals surface area contributed by atoms with Gasteiger partial charge in [-0.05, 0) is 37.7 Å². The van der Waals surface area contributed by atoms with E-state index in [0.29, 0.717) is 12.1 Å². The van der Waals surface area contributed by atoms with Gasteiger partial charge in [0.1, 0.15) is 0 Å². The van der Waals surface area contributed by atoms with Gasteiger partial charge in [-0.2, -0.15) is 0 Å². The molecule has 0 aromatic heterocycles. The molecule has 1 heterocycles. The van der Waals surface area contributed by atoms with Gasteiger partial charge < -0.3 is 15.5 Å². The van der Waals surface area contributed by atoms with Crippen LogP contribution in [-0.4, -0.2) is 61.4 Å². The minimum absolute atomic E-state index is 0.00260. The maximum absolute atomic E-state index is 13.3. The zero-order valence-corrected chi connectivity index (χ0v) is 16.4. The highest BCUT2D eigenvalue weighted by atomic mass is 16.2. The van der Waals surface area contributed by atoms with Crippen molar-refractivity contribution in [3.05, 3.63) is 65.7 Å². The molecule has 2 aromatic carbocycles. The van der Waals surface area contributed by atoms with Crippen LogP contribution in [0.15, 0.2) is 54.6 Å². The number of carbonyl (C=O) groups excluding carboxylic acids is 2. The number of hydrogen-bond donors (Lipinski definition) is 1. The molecule has 2 aromatic rings. The lowest BCUT2D eigenvalue weighted by Crippen LogP contribution is -2.44. The van der Waals surface area contributed by atoms with Crippen molar-refractivity contribution in [3.8, 4) is 0 Å². The summed E-state index contributed by atoms with van der Waals surface area (Å²) in [6.45, 7) is 3.82. The first kappa shape index (κ1) is 20.0. The quantitative estimate of drug-likeness (QED) is 0.810. The van der Waals surface area contributed by atoms with E-state index in [1.54, 1.807) is 12.1 Å². The van der Waals surface area contributed by atoms with Gasteiger partial charge in [0.05, 0.1) is 13.1 Å². The van der Waals surface area contributed by atoms with Crippen molar-refractivity contribution >= 4 is 17.5 Å². The molecule has 1 saturated heterocycles. The molecule has 0 spiro atoms. The minimum atomic E-state index is -0.0868. The zero-order valence-electron chi connectivity index (χ0n) is 16.4. The number of rotatable bonds is 5. The van der Waals surface area contributed by atoms with Crippen molar-refractivity contribution in [2.45, 2.75) is 13.0 Å². The molecule has 6 heteroatoms. The van der Waals surface area contributed by atoms with Crippen LogP contribution in [0.2, 0.25) is 0 Å². The summed E-state index contributed by atoms with van der Waals surface area (Å²) in [5.74, 6) is -0.0868. The molecule has 0 unspecified atom stereocenters. The lowest BCUT2D eigenvalue weighted by molar-refractivity contribution is 0.100. The maximum Gasteiger partial charge on any atom is 0.324 e. The number of ketones is 1. The fourth-order valence-corrected chi connectivity index (χ4v) is 3.38. The van der Waals surface area contributed by atoms with E-state index in [4.69, 9.17) is 5.73 Å². The molecule has 6 nitrogen and oxygen atoms in total. The number of nitrogens with zero attached hydrogens (tertiary/aromatic N) is 3. The monoisotopic (exact) mass is 380 g/mol. The molecule has 0 aliphatic carbocycles. The van der Waals surface area contributed by atoms with Gasteiger partial charge in [0.15, 0.2) is 5.78 Å². The van der Waals surface area contributed by atoms with E-state index in [-0.39, 0.29) is 18.4 Å². The highest BCUT2D eigenvalue weighted by Crippen LogP contribution is 2.20. The largest absolute Gasteiger partial charge is 0.324 e. The summed E-state index contributed by atoms with van der Waals surface area (Å²) in [4.78, 5) is 31.1. The van der Waals surface area contributed by atoms with Crippen LogP contribution in [0.1, 0.15) is 22.3 Å². The summed E-state index contributed by atoms with van der Waals surface area (Å²) in [5, 5.41) is 0. The van der Waals surface area contributed by atoms with Crippen LogP contribution < -0.4 is 10.6 Å². The standard InChI is InChI=1S/C22H28N4O2/c1-24-12-5-13-25(15-14-24)22(28)26(20-6-3-2-4-7-20)17-18-8-10-19(11-9-18)21(27)16-23/h2-4,6-11H,5,12-17,23H2,1H3. The summed E-state index contributed by atoms with van der Waals surface area (Å²) in [6, 6.07) is 17.1. The minimum Gasteiger partial charge on any atom is -0.324 e. The number of hydrogen-bond acceptors (Lipinski definition) is 4. The van der Waals surface area contributed by atoms with Gasteiger partial charge in [-0.1, -0.05) is 42.5 Å². The Morgan fingerprint density at radius 3 is 2.36 bits per heavy atom. The molecule has 0 atom stereocenters. The summed E-state index contributed by atoms with van der Waals surface area (Å²) in [7, 11) is 2.09. The van der Waals surface area contributed by atoms with Crippen LogP contribution in [0.3, 0.4) is 0 Å². The van der Waals surface area contributed by atoms with E-state index in [1.165, 1.54) is 0 Å². The Kier molecular flexibility index (Phi) is 6.79. The molecule has 0 radical (unpaired) electrons. The number of likely N-dealkylation sites (N-methyl/N-ethyl adjacent to an activating group) is 1. The number of para-hydroxylation sites is 1. The van der Waals surface area contributed by atoms with Gasteiger partial charge in [0.2, 0.25) is 0 Å². The predicted molar refractivity (Wildman–Crippen MR) is 112 cm³/mol. The highest BCUT2D eigenvalue weighted by Gasteiger charge is 2.24. The van der Waals surface area contributed by atoms with E-state index >= 15 is 0 Å². The van der Waals surface area contributed by atoms with Gasteiger partial charge >= 0.3 is 6.03 Å². The summed E-state index contributed by atoms with van der Waals surface area (Å²) in [5.41, 5.74) is 7.87. The lowest BCUT2D eigenvalue weighted by atomic mass is 10.1. The molecular formula is C22H28N4O2. The number of amides is 2. The number of anilines is 1. The molecule has 1 aliphatic rings. The van der Waals surface area contributed by atoms with E-state index in [2.05, 4.69) is 11.9 Å². The van der Waals surface area contributed by atoms with Crippen molar-refractivity contribution in [3.63, 3.8) is 0 Å². The van der Waals surface area contributed by atoms with Crippen LogP contribution in [0, 0.1) is 0 Å². The fourth-order valence-electron chi connectivity index (χ4n) is 3.38. The molecule has 2 amide bonds. The summed E-state index contributed by atoms with van der Waals surface area (Å²) >= 11 is 0. The molecular weight excluding hydrogens is 352 g/mol. The lowest BCUT2D eigenvalue weighted by Gasteiger charge is -2.30. The SMILES string of the molecule is CN1CCCN(C(=O)N(Cc2ccc(C(=O)CN)cc2)c2ccccc2)CC1. The van der Waals surface area contributed by atoms with Crippen molar-refractivity contribution in [2.24, 2.45) is 5.73 Å². The van der Waals surface area contributed by atoms with Gasteiger partial charge in [-0.15, -0.1) is 0 Å². The number of Topliss-reactive ketones (excluding diaryl/α,β-unsaturated/α-hetero) is 1. The van der Waals surface area contributed by atoms with Crippen molar-refractivity contribution < 1.29 is 9.59 Å². The summed E-state index contributed by atoms with van der Waals surface area (Å²) in [6.07, 6.45) is 0.973. The van der Waals surface area contributed by atoms with Gasteiger partial charge in [-0.25, -0.2) is 4.79 Å². The average molecular weight is 380 g/mol. The Morgan fingerprint density at radius 2 is 1.68 bits per heavy atom. The molecule has 0 saturated carbocycles. The molecule has 148 valence electrons. The smallest absolute Gasteiger partial charge is 0.324 e. The number of nitrogens with two attached hydrogens (primary N) is 1. The topological polar surface area (TPSA) is 69.9 Å². The van der Waals surface area contributed by atoms with E-state index in [1.807, 2.05) is 52.3 Å². The molecule has 2 N–H and O–H groups in total. The first-order valence-corrected chi connectivity index (χ1v) is 9.70. The number of benzene rings is 2. The normalized spacial score (nSPS) is 15.1. The van der Waals surface area contributed by atoms with Crippen LogP contribution in [0.4, 0.5) is 10.5 Å². The first-order valence-electron chi connectivity index (χ1n) is 9.70. The Bertz CT molecular complexity index is 792. The Hall–Kier alpha value is -2.70. The van der Waals surface area contributed by atoms with E-state index in [9.17, 15) is 9.59 Å². The molecule has 1 fully saturated rings. The van der Waals surface area contributed by atoms with Crippen LogP contribution in [0.25, 0.3) is 0 Å². The molecule has 1 aliphatic heterocycles. The molecule has 0 bridgehead atoms. The number of urea groups is 1. The zero-order chi connectivity index (χ0) is 19.9. The second kappa shape index (κ2) is 9.48. The summed E-state index contributed by atoms with van der Waals surface area (Å²) < 4.78 is 0. The third-order valence-electron chi connectivity index (χ3n) is 5.09. The van der Waals surface area contributed by atoms with Crippen molar-refractivity contribution in [2.75, 3.05) is 44.7 Å². The van der Waals surface area contributed by atoms with E-state index in [0.717, 1.165) is 43.9 Å². The second-order valence-electron chi connectivity index (χ2n) is 7.17. The average Bonchev–Trinajstić information content (AvgIpc) is 2.96. The molecule has 28 heavy (non-hydrogen) atoms. The van der Waals surface area contributed by atoms with Crippen molar-refractivity contribution in [1.82, 2.24) is 9.80 Å². The first-order chi connectivity index (χ1) is 13.6. The van der Waals surface area contributed by atoms with Crippen LogP contribution in [0.5, 0.6) is 0 Å². The molecule has 3 rings (SSSR count). The Morgan fingerprint density at radius 1 is 0.964 bits per heavy atom.